The summed E-state index contributed by atoms with van der Waals surface area (Å²) in [5, 5.41) is 10.9. The van der Waals surface area contributed by atoms with Crippen LogP contribution in [0.15, 0.2) is 11.1 Å². The quantitative estimate of drug-likeness (QED) is 0.282. The lowest BCUT2D eigenvalue weighted by molar-refractivity contribution is -0.228. The van der Waals surface area contributed by atoms with Crippen molar-refractivity contribution in [3.63, 3.8) is 0 Å². The summed E-state index contributed by atoms with van der Waals surface area (Å²) in [5.74, 6) is -0.591. The fourth-order valence-corrected chi connectivity index (χ4v) is 10.9. The van der Waals surface area contributed by atoms with Crippen LogP contribution in [0.5, 0.6) is 0 Å². The Labute approximate surface area is 223 Å². The molecule has 0 radical (unpaired) electrons. The Morgan fingerprint density at radius 3 is 2.22 bits per heavy atom. The molecule has 5 aliphatic rings. The largest absolute Gasteiger partial charge is 0.465 e. The number of ketones is 2. The number of hydrogen-bond donors (Lipinski definition) is 1. The number of Topliss-reactive ketones (excluding diaryl/α,β-unsaturated/α-hetero) is 2. The van der Waals surface area contributed by atoms with Crippen LogP contribution in [-0.4, -0.2) is 35.4 Å². The van der Waals surface area contributed by atoms with Crippen LogP contribution in [-0.2, 0) is 19.1 Å². The fraction of sp³-hybridized carbons (Fsp3) is 0.844. The number of carbonyl (C=O) groups is 3. The number of rotatable bonds is 3. The molecule has 8 atom stereocenters. The van der Waals surface area contributed by atoms with Crippen molar-refractivity contribution in [3.8, 4) is 0 Å². The highest BCUT2D eigenvalue weighted by Gasteiger charge is 2.72. The van der Waals surface area contributed by atoms with Gasteiger partial charge in [-0.1, -0.05) is 48.5 Å². The molecule has 0 heterocycles. The zero-order valence-electron chi connectivity index (χ0n) is 24.3. The van der Waals surface area contributed by atoms with Gasteiger partial charge in [-0.05, 0) is 109 Å². The minimum atomic E-state index is -1.42. The number of carbonyl (C=O) groups excluding carboxylic acids is 3. The van der Waals surface area contributed by atoms with Gasteiger partial charge < -0.3 is 9.84 Å². The van der Waals surface area contributed by atoms with Crippen molar-refractivity contribution < 1.29 is 24.2 Å². The maximum absolute atomic E-state index is 13.7. The zero-order valence-corrected chi connectivity index (χ0v) is 24.3. The highest BCUT2D eigenvalue weighted by atomic mass is 16.5. The summed E-state index contributed by atoms with van der Waals surface area (Å²) < 4.78 is 5.53. The first kappa shape index (κ1) is 27.1. The second kappa shape index (κ2) is 8.26. The number of hydrogen-bond acceptors (Lipinski definition) is 5. The third-order valence-corrected chi connectivity index (χ3v) is 13.0. The molecule has 0 aromatic carbocycles. The molecule has 3 unspecified atom stereocenters. The molecule has 0 aromatic heterocycles. The molecule has 4 saturated carbocycles. The Hall–Kier alpha value is -1.49. The fourth-order valence-electron chi connectivity index (χ4n) is 10.9. The van der Waals surface area contributed by atoms with Gasteiger partial charge in [0.05, 0.1) is 12.7 Å². The van der Waals surface area contributed by atoms with Gasteiger partial charge >= 0.3 is 5.97 Å². The van der Waals surface area contributed by atoms with Gasteiger partial charge in [-0.2, -0.15) is 0 Å². The van der Waals surface area contributed by atoms with Crippen LogP contribution in [0.1, 0.15) is 107 Å². The SMILES string of the molecule is CCOC(=O)[C@@]12CC[C@]3(C)C(CCC4[C@@]5(C)CC[C@H](O)C(C)(C)C5CC[C@]43C)C1=C(C(C)C)C(=O)C2=O. The third kappa shape index (κ3) is 3.10. The van der Waals surface area contributed by atoms with E-state index in [1.165, 1.54) is 0 Å². The molecule has 0 amide bonds. The molecule has 206 valence electrons. The second-order valence-corrected chi connectivity index (χ2v) is 14.8. The predicted molar refractivity (Wildman–Crippen MR) is 142 cm³/mol. The molecule has 0 bridgehead atoms. The van der Waals surface area contributed by atoms with E-state index in [0.717, 1.165) is 50.5 Å². The molecule has 5 nitrogen and oxygen atoms in total. The summed E-state index contributed by atoms with van der Waals surface area (Å²) in [6.07, 6.45) is 6.88. The Kier molecular flexibility index (Phi) is 6.05. The first-order valence-electron chi connectivity index (χ1n) is 14.8. The molecule has 5 rings (SSSR count). The van der Waals surface area contributed by atoms with Gasteiger partial charge in [0.2, 0.25) is 11.6 Å². The van der Waals surface area contributed by atoms with E-state index in [1.807, 2.05) is 13.8 Å². The number of ether oxygens (including phenoxy) is 1. The third-order valence-electron chi connectivity index (χ3n) is 13.0. The highest BCUT2D eigenvalue weighted by molar-refractivity contribution is 6.52. The highest BCUT2D eigenvalue weighted by Crippen LogP contribution is 2.76. The van der Waals surface area contributed by atoms with Gasteiger partial charge in [0.15, 0.2) is 5.41 Å². The summed E-state index contributed by atoms with van der Waals surface area (Å²) in [7, 11) is 0. The van der Waals surface area contributed by atoms with Gasteiger partial charge in [-0.25, -0.2) is 0 Å². The summed E-state index contributed by atoms with van der Waals surface area (Å²) in [4.78, 5) is 40.7. The molecule has 1 N–H and O–H groups in total. The van der Waals surface area contributed by atoms with E-state index in [1.54, 1.807) is 6.92 Å². The lowest BCUT2D eigenvalue weighted by atomic mass is 9.33. The molecule has 5 aliphatic carbocycles. The lowest BCUT2D eigenvalue weighted by Gasteiger charge is -2.71. The minimum absolute atomic E-state index is 0.0297. The van der Waals surface area contributed by atoms with Gasteiger partial charge in [-0.15, -0.1) is 0 Å². The molecule has 0 aromatic rings. The molecule has 37 heavy (non-hydrogen) atoms. The number of allylic oxidation sites excluding steroid dienone is 1. The standard InChI is InChI=1S/C32H48O5/c1-9-37-27(36)32-17-16-30(7)19(24(32)23(18(2)3)25(34)26(32)35)10-11-21-29(6)14-13-22(33)28(4,5)20(29)12-15-31(21,30)8/h18-22,33H,9-17H2,1-8H3/t19?,20?,21?,22-,29-,30+,31+,32-/m0/s1. The Balaban J connectivity index is 1.64. The monoisotopic (exact) mass is 512 g/mol. The number of aliphatic hydroxyl groups excluding tert-OH is 1. The van der Waals surface area contributed by atoms with Crippen molar-refractivity contribution >= 4 is 17.5 Å². The number of fused-ring (bicyclic) bond motifs is 7. The average molecular weight is 513 g/mol. The first-order valence-corrected chi connectivity index (χ1v) is 14.8. The van der Waals surface area contributed by atoms with E-state index < -0.39 is 23.0 Å². The van der Waals surface area contributed by atoms with Gasteiger partial charge in [0, 0.05) is 5.57 Å². The van der Waals surface area contributed by atoms with Crippen LogP contribution in [0, 0.1) is 50.7 Å². The number of aliphatic hydroxyl groups is 1. The lowest BCUT2D eigenvalue weighted by Crippen LogP contribution is -2.66. The average Bonchev–Trinajstić information content (AvgIpc) is 3.05. The zero-order chi connectivity index (χ0) is 27.3. The van der Waals surface area contributed by atoms with Gasteiger partial charge in [-0.3, -0.25) is 14.4 Å². The van der Waals surface area contributed by atoms with E-state index in [9.17, 15) is 19.5 Å². The Morgan fingerprint density at radius 2 is 1.59 bits per heavy atom. The van der Waals surface area contributed by atoms with Crippen LogP contribution in [0.2, 0.25) is 0 Å². The first-order chi connectivity index (χ1) is 17.1. The molecule has 5 heteroatoms. The van der Waals surface area contributed by atoms with Crippen molar-refractivity contribution in [1.82, 2.24) is 0 Å². The molecule has 0 spiro atoms. The van der Waals surface area contributed by atoms with Crippen LogP contribution in [0.4, 0.5) is 0 Å². The van der Waals surface area contributed by atoms with Crippen LogP contribution >= 0.6 is 0 Å². The van der Waals surface area contributed by atoms with Gasteiger partial charge in [0.1, 0.15) is 0 Å². The van der Waals surface area contributed by atoms with E-state index in [-0.39, 0.29) is 46.2 Å². The molecule has 4 fully saturated rings. The topological polar surface area (TPSA) is 80.7 Å². The Morgan fingerprint density at radius 1 is 0.919 bits per heavy atom. The van der Waals surface area contributed by atoms with Crippen LogP contribution < -0.4 is 0 Å². The van der Waals surface area contributed by atoms with Crippen molar-refractivity contribution in [2.24, 2.45) is 50.7 Å². The smallest absolute Gasteiger partial charge is 0.324 e. The normalized spacial score (nSPS) is 46.8. The maximum Gasteiger partial charge on any atom is 0.324 e. The van der Waals surface area contributed by atoms with Gasteiger partial charge in [0.25, 0.3) is 0 Å². The van der Waals surface area contributed by atoms with E-state index >= 15 is 0 Å². The van der Waals surface area contributed by atoms with Crippen LogP contribution in [0.25, 0.3) is 0 Å². The molecule has 0 saturated heterocycles. The summed E-state index contributed by atoms with van der Waals surface area (Å²) in [6.45, 7) is 17.8. The summed E-state index contributed by atoms with van der Waals surface area (Å²) in [5.41, 5.74) is -0.0255. The molecule has 0 aliphatic heterocycles. The predicted octanol–water partition coefficient (Wildman–Crippen LogP) is 6.07. The van der Waals surface area contributed by atoms with Crippen molar-refractivity contribution in [2.75, 3.05) is 6.61 Å². The minimum Gasteiger partial charge on any atom is -0.465 e. The van der Waals surface area contributed by atoms with E-state index in [0.29, 0.717) is 23.8 Å². The van der Waals surface area contributed by atoms with Crippen molar-refractivity contribution in [3.05, 3.63) is 11.1 Å². The summed E-state index contributed by atoms with van der Waals surface area (Å²) >= 11 is 0. The Bertz CT molecular complexity index is 1070. The maximum atomic E-state index is 13.7. The van der Waals surface area contributed by atoms with Crippen LogP contribution in [0.3, 0.4) is 0 Å². The second-order valence-electron chi connectivity index (χ2n) is 14.8. The molecular formula is C32H48O5. The van der Waals surface area contributed by atoms with E-state index in [2.05, 4.69) is 34.6 Å². The van der Waals surface area contributed by atoms with E-state index in [4.69, 9.17) is 4.74 Å². The number of esters is 1. The molecular weight excluding hydrogens is 464 g/mol. The van der Waals surface area contributed by atoms with Crippen molar-refractivity contribution in [1.29, 1.82) is 0 Å². The summed E-state index contributed by atoms with van der Waals surface area (Å²) in [6, 6.07) is 0. The van der Waals surface area contributed by atoms with Crippen molar-refractivity contribution in [2.45, 2.75) is 113 Å².